The molecule has 0 unspecified atom stereocenters. The molecule has 0 aromatic carbocycles. The molecule has 0 N–H and O–H groups in total. The fourth-order valence-electron chi connectivity index (χ4n) is 4.40. The molecule has 2 aromatic heterocycles. The van der Waals surface area contributed by atoms with Crippen LogP contribution in [0.2, 0.25) is 0 Å². The van der Waals surface area contributed by atoms with Gasteiger partial charge < -0.3 is 9.47 Å². The van der Waals surface area contributed by atoms with E-state index in [-0.39, 0.29) is 0 Å². The number of hydrogen-bond acceptors (Lipinski definition) is 6. The Hall–Kier alpha value is -2.02. The topological polar surface area (TPSA) is 63.0 Å². The molecule has 7 nitrogen and oxygen atoms in total. The lowest BCUT2D eigenvalue weighted by atomic mass is 9.96. The molecule has 2 aromatic rings. The minimum atomic E-state index is 0.406. The second-order valence-corrected chi connectivity index (χ2v) is 7.92. The van der Waals surface area contributed by atoms with Crippen molar-refractivity contribution >= 4 is 5.82 Å². The minimum Gasteiger partial charge on any atom is -0.356 e. The third-order valence-electron chi connectivity index (χ3n) is 5.99. The Labute approximate surface area is 161 Å². The van der Waals surface area contributed by atoms with Crippen LogP contribution < -0.4 is 4.90 Å². The van der Waals surface area contributed by atoms with Crippen molar-refractivity contribution in [2.75, 3.05) is 31.1 Å². The number of aromatic nitrogens is 5. The highest BCUT2D eigenvalue weighted by molar-refractivity contribution is 5.47. The molecule has 7 heteroatoms. The summed E-state index contributed by atoms with van der Waals surface area (Å²) in [5, 5.41) is 9.12. The van der Waals surface area contributed by atoms with Crippen LogP contribution in [0, 0.1) is 6.92 Å². The number of piperidine rings is 1. The van der Waals surface area contributed by atoms with Gasteiger partial charge in [-0.15, -0.1) is 10.2 Å². The van der Waals surface area contributed by atoms with E-state index in [1.807, 2.05) is 13.1 Å². The van der Waals surface area contributed by atoms with Crippen molar-refractivity contribution in [1.29, 1.82) is 0 Å². The Morgan fingerprint density at radius 1 is 1.11 bits per heavy atom. The number of hydrogen-bond donors (Lipinski definition) is 0. The fourth-order valence-corrected chi connectivity index (χ4v) is 4.40. The highest BCUT2D eigenvalue weighted by Gasteiger charge is 2.28. The lowest BCUT2D eigenvalue weighted by Crippen LogP contribution is -2.36. The third kappa shape index (κ3) is 3.83. The van der Waals surface area contributed by atoms with Gasteiger partial charge in [0, 0.05) is 37.8 Å². The van der Waals surface area contributed by atoms with Crippen molar-refractivity contribution in [2.24, 2.45) is 7.05 Å². The molecule has 0 saturated carbocycles. The highest BCUT2D eigenvalue weighted by Crippen LogP contribution is 2.30. The van der Waals surface area contributed by atoms with Gasteiger partial charge in [0.15, 0.2) is 0 Å². The normalized spacial score (nSPS) is 21.1. The third-order valence-corrected chi connectivity index (χ3v) is 5.99. The van der Waals surface area contributed by atoms with Crippen molar-refractivity contribution in [1.82, 2.24) is 29.6 Å². The maximum Gasteiger partial charge on any atom is 0.146 e. The molecule has 0 radical (unpaired) electrons. The number of nitrogens with zero attached hydrogens (tertiary/aromatic N) is 7. The first-order valence-electron chi connectivity index (χ1n) is 10.3. The number of aryl methyl sites for hydroxylation is 2. The molecular formula is C20H31N7. The second-order valence-electron chi connectivity index (χ2n) is 7.92. The van der Waals surface area contributed by atoms with Crippen LogP contribution >= 0.6 is 0 Å². The van der Waals surface area contributed by atoms with Gasteiger partial charge in [0.2, 0.25) is 0 Å². The maximum atomic E-state index is 4.76. The zero-order chi connectivity index (χ0) is 18.8. The molecule has 27 heavy (non-hydrogen) atoms. The predicted octanol–water partition coefficient (Wildman–Crippen LogP) is 2.46. The van der Waals surface area contributed by atoms with Crippen LogP contribution in [0.3, 0.4) is 0 Å². The van der Waals surface area contributed by atoms with Crippen LogP contribution in [-0.4, -0.2) is 55.8 Å². The SMILES string of the molecule is CCc1cnc(C)nc1N1CCC[C@@H](c2nnc(CN3CCCC3)n2C)C1. The van der Waals surface area contributed by atoms with Crippen molar-refractivity contribution in [2.45, 2.75) is 58.4 Å². The van der Waals surface area contributed by atoms with E-state index in [0.29, 0.717) is 5.92 Å². The molecule has 2 fully saturated rings. The molecule has 146 valence electrons. The quantitative estimate of drug-likeness (QED) is 0.807. The number of likely N-dealkylation sites (tertiary alicyclic amines) is 1. The van der Waals surface area contributed by atoms with E-state index >= 15 is 0 Å². The molecule has 2 aliphatic rings. The van der Waals surface area contributed by atoms with Gasteiger partial charge >= 0.3 is 0 Å². The van der Waals surface area contributed by atoms with Gasteiger partial charge in [0.05, 0.1) is 6.54 Å². The van der Waals surface area contributed by atoms with E-state index in [4.69, 9.17) is 4.98 Å². The first-order valence-corrected chi connectivity index (χ1v) is 10.3. The first kappa shape index (κ1) is 18.3. The molecule has 2 saturated heterocycles. The van der Waals surface area contributed by atoms with E-state index in [9.17, 15) is 0 Å². The molecular weight excluding hydrogens is 338 g/mol. The monoisotopic (exact) mass is 369 g/mol. The summed E-state index contributed by atoms with van der Waals surface area (Å²) in [5.74, 6) is 4.57. The molecule has 0 bridgehead atoms. The molecule has 0 spiro atoms. The van der Waals surface area contributed by atoms with Gasteiger partial charge in [-0.3, -0.25) is 4.90 Å². The van der Waals surface area contributed by atoms with Gasteiger partial charge in [-0.25, -0.2) is 9.97 Å². The average molecular weight is 370 g/mol. The van der Waals surface area contributed by atoms with Crippen LogP contribution in [0.4, 0.5) is 5.82 Å². The van der Waals surface area contributed by atoms with E-state index in [1.165, 1.54) is 31.5 Å². The van der Waals surface area contributed by atoms with E-state index in [1.54, 1.807) is 0 Å². The largest absolute Gasteiger partial charge is 0.356 e. The number of rotatable bonds is 5. The summed E-state index contributed by atoms with van der Waals surface area (Å²) in [5.41, 5.74) is 1.23. The standard InChI is InChI=1S/C20H31N7/c1-4-16-12-21-15(2)22-19(16)27-11-7-8-17(13-27)20-24-23-18(25(20)3)14-26-9-5-6-10-26/h12,17H,4-11,13-14H2,1-3H3/t17-/m1/s1. The average Bonchev–Trinajstić information content (AvgIpc) is 3.33. The summed E-state index contributed by atoms with van der Waals surface area (Å²) in [6.45, 7) is 9.45. The highest BCUT2D eigenvalue weighted by atomic mass is 15.3. The summed E-state index contributed by atoms with van der Waals surface area (Å²) in [6.07, 6.45) is 7.88. The number of anilines is 1. The zero-order valence-corrected chi connectivity index (χ0v) is 16.9. The maximum absolute atomic E-state index is 4.76. The lowest BCUT2D eigenvalue weighted by molar-refractivity contribution is 0.317. The second kappa shape index (κ2) is 7.92. The smallest absolute Gasteiger partial charge is 0.146 e. The molecule has 4 heterocycles. The van der Waals surface area contributed by atoms with Crippen LogP contribution in [-0.2, 0) is 20.0 Å². The van der Waals surface area contributed by atoms with Crippen LogP contribution in [0.1, 0.15) is 61.6 Å². The molecule has 0 amide bonds. The van der Waals surface area contributed by atoms with E-state index < -0.39 is 0 Å². The van der Waals surface area contributed by atoms with Crippen LogP contribution in [0.5, 0.6) is 0 Å². The van der Waals surface area contributed by atoms with Crippen molar-refractivity contribution < 1.29 is 0 Å². The van der Waals surface area contributed by atoms with Crippen molar-refractivity contribution in [3.63, 3.8) is 0 Å². The van der Waals surface area contributed by atoms with Gasteiger partial charge in [0.25, 0.3) is 0 Å². The Balaban J connectivity index is 1.52. The lowest BCUT2D eigenvalue weighted by Gasteiger charge is -2.34. The summed E-state index contributed by atoms with van der Waals surface area (Å²) in [6, 6.07) is 0. The summed E-state index contributed by atoms with van der Waals surface area (Å²) >= 11 is 0. The van der Waals surface area contributed by atoms with E-state index in [2.05, 4.69) is 43.5 Å². The van der Waals surface area contributed by atoms with Gasteiger partial charge in [-0.1, -0.05) is 6.92 Å². The Kier molecular flexibility index (Phi) is 5.38. The molecule has 2 aliphatic heterocycles. The van der Waals surface area contributed by atoms with Crippen LogP contribution in [0.15, 0.2) is 6.20 Å². The molecule has 1 atom stereocenters. The molecule has 0 aliphatic carbocycles. The summed E-state index contributed by atoms with van der Waals surface area (Å²) in [7, 11) is 2.13. The van der Waals surface area contributed by atoms with Crippen molar-refractivity contribution in [3.05, 3.63) is 29.2 Å². The van der Waals surface area contributed by atoms with Gasteiger partial charge in [0.1, 0.15) is 23.3 Å². The van der Waals surface area contributed by atoms with E-state index in [0.717, 1.165) is 62.2 Å². The predicted molar refractivity (Wildman–Crippen MR) is 106 cm³/mol. The zero-order valence-electron chi connectivity index (χ0n) is 16.9. The summed E-state index contributed by atoms with van der Waals surface area (Å²) < 4.78 is 2.23. The molecule has 4 rings (SSSR count). The van der Waals surface area contributed by atoms with Crippen LogP contribution in [0.25, 0.3) is 0 Å². The van der Waals surface area contributed by atoms with Crippen molar-refractivity contribution in [3.8, 4) is 0 Å². The Morgan fingerprint density at radius 3 is 2.70 bits per heavy atom. The van der Waals surface area contributed by atoms with Gasteiger partial charge in [-0.2, -0.15) is 0 Å². The Bertz CT molecular complexity index is 779. The fraction of sp³-hybridized carbons (Fsp3) is 0.700. The summed E-state index contributed by atoms with van der Waals surface area (Å²) in [4.78, 5) is 14.0. The minimum absolute atomic E-state index is 0.406. The van der Waals surface area contributed by atoms with Gasteiger partial charge in [-0.05, 0) is 52.1 Å². The first-order chi connectivity index (χ1) is 13.2. The Morgan fingerprint density at radius 2 is 1.93 bits per heavy atom.